The lowest BCUT2D eigenvalue weighted by atomic mass is 10.00. The van der Waals surface area contributed by atoms with Crippen LogP contribution in [0.3, 0.4) is 0 Å². The number of carbonyl (C=O) groups is 1. The number of amides is 1. The minimum absolute atomic E-state index is 0.00720. The SMILES string of the molecule is CC(Nc1nccc(N2C(=O)OCC2C(C)C)n1)c1cccc2ccccc12. The molecule has 28 heavy (non-hydrogen) atoms. The molecular weight excluding hydrogens is 352 g/mol. The molecule has 1 N–H and O–H groups in total. The Bertz CT molecular complexity index is 999. The summed E-state index contributed by atoms with van der Waals surface area (Å²) in [5.74, 6) is 1.32. The molecule has 6 heteroatoms. The maximum absolute atomic E-state index is 12.2. The van der Waals surface area contributed by atoms with E-state index >= 15 is 0 Å². The Labute approximate surface area is 164 Å². The molecule has 2 atom stereocenters. The lowest BCUT2D eigenvalue weighted by Crippen LogP contribution is -2.37. The topological polar surface area (TPSA) is 67.4 Å². The minimum atomic E-state index is -0.356. The molecule has 1 amide bonds. The van der Waals surface area contributed by atoms with Gasteiger partial charge in [0.05, 0.1) is 12.1 Å². The number of carbonyl (C=O) groups excluding carboxylic acids is 1. The third-order valence-electron chi connectivity index (χ3n) is 5.20. The summed E-state index contributed by atoms with van der Waals surface area (Å²) in [7, 11) is 0. The van der Waals surface area contributed by atoms with Crippen LogP contribution in [0, 0.1) is 5.92 Å². The number of cyclic esters (lactones) is 1. The number of fused-ring (bicyclic) bond motifs is 1. The summed E-state index contributed by atoms with van der Waals surface area (Å²) < 4.78 is 5.24. The van der Waals surface area contributed by atoms with E-state index in [2.05, 4.69) is 66.4 Å². The average Bonchev–Trinajstić information content (AvgIpc) is 3.09. The van der Waals surface area contributed by atoms with Gasteiger partial charge >= 0.3 is 6.09 Å². The van der Waals surface area contributed by atoms with Crippen molar-refractivity contribution >= 4 is 28.6 Å². The van der Waals surface area contributed by atoms with Gasteiger partial charge in [0.1, 0.15) is 12.4 Å². The predicted molar refractivity (Wildman–Crippen MR) is 110 cm³/mol. The molecule has 144 valence electrons. The summed E-state index contributed by atoms with van der Waals surface area (Å²) in [4.78, 5) is 22.8. The molecule has 0 saturated carbocycles. The van der Waals surface area contributed by atoms with Gasteiger partial charge in [-0.25, -0.2) is 9.78 Å². The van der Waals surface area contributed by atoms with E-state index in [1.165, 1.54) is 16.3 Å². The molecule has 1 fully saturated rings. The van der Waals surface area contributed by atoms with Crippen LogP contribution in [-0.4, -0.2) is 28.7 Å². The molecular formula is C22H24N4O2. The van der Waals surface area contributed by atoms with Crippen molar-refractivity contribution in [3.05, 3.63) is 60.3 Å². The number of aromatic nitrogens is 2. The zero-order valence-electron chi connectivity index (χ0n) is 16.3. The van der Waals surface area contributed by atoms with Crippen molar-refractivity contribution in [2.24, 2.45) is 5.92 Å². The van der Waals surface area contributed by atoms with Gasteiger partial charge in [-0.2, -0.15) is 4.98 Å². The quantitative estimate of drug-likeness (QED) is 0.694. The fourth-order valence-corrected chi connectivity index (χ4v) is 3.64. The standard InChI is InChI=1S/C22H24N4O2/c1-14(2)19-13-28-22(27)26(19)20-11-12-23-21(25-20)24-15(3)17-10-6-8-16-7-4-5-9-18(16)17/h4-12,14-15,19H,13H2,1-3H3,(H,23,24,25). The molecule has 0 bridgehead atoms. The lowest BCUT2D eigenvalue weighted by Gasteiger charge is -2.24. The van der Waals surface area contributed by atoms with E-state index in [0.717, 1.165) is 0 Å². The third-order valence-corrected chi connectivity index (χ3v) is 5.20. The Hall–Kier alpha value is -3.15. The zero-order chi connectivity index (χ0) is 19.7. The monoisotopic (exact) mass is 376 g/mol. The molecule has 3 aromatic rings. The van der Waals surface area contributed by atoms with Crippen molar-refractivity contribution in [2.75, 3.05) is 16.8 Å². The summed E-state index contributed by atoms with van der Waals surface area (Å²) in [6, 6.07) is 16.3. The van der Waals surface area contributed by atoms with Gasteiger partial charge in [0, 0.05) is 6.20 Å². The van der Waals surface area contributed by atoms with Crippen LogP contribution in [0.1, 0.15) is 32.4 Å². The smallest absolute Gasteiger partial charge is 0.415 e. The Morgan fingerprint density at radius 2 is 1.89 bits per heavy atom. The van der Waals surface area contributed by atoms with Crippen molar-refractivity contribution in [1.82, 2.24) is 9.97 Å². The summed E-state index contributed by atoms with van der Waals surface area (Å²) in [6.45, 7) is 6.61. The molecule has 1 aliphatic heterocycles. The van der Waals surface area contributed by atoms with Crippen molar-refractivity contribution < 1.29 is 9.53 Å². The van der Waals surface area contributed by atoms with Crippen LogP contribution < -0.4 is 10.2 Å². The number of hydrogen-bond acceptors (Lipinski definition) is 5. The fourth-order valence-electron chi connectivity index (χ4n) is 3.64. The predicted octanol–water partition coefficient (Wildman–Crippen LogP) is 4.78. The Kier molecular flexibility index (Phi) is 4.86. The molecule has 1 saturated heterocycles. The highest BCUT2D eigenvalue weighted by Crippen LogP contribution is 2.28. The first kappa shape index (κ1) is 18.2. The van der Waals surface area contributed by atoms with Crippen LogP contribution in [0.2, 0.25) is 0 Å². The lowest BCUT2D eigenvalue weighted by molar-refractivity contribution is 0.177. The highest BCUT2D eigenvalue weighted by atomic mass is 16.6. The second-order valence-corrected chi connectivity index (χ2v) is 7.43. The van der Waals surface area contributed by atoms with Gasteiger partial charge < -0.3 is 10.1 Å². The van der Waals surface area contributed by atoms with Gasteiger partial charge in [0.2, 0.25) is 5.95 Å². The summed E-state index contributed by atoms with van der Waals surface area (Å²) in [5.41, 5.74) is 1.17. The fraction of sp³-hybridized carbons (Fsp3) is 0.318. The third kappa shape index (κ3) is 3.38. The Morgan fingerprint density at radius 3 is 2.71 bits per heavy atom. The van der Waals surface area contributed by atoms with Crippen LogP contribution in [-0.2, 0) is 4.74 Å². The average molecular weight is 376 g/mol. The first-order valence-corrected chi connectivity index (χ1v) is 9.58. The number of rotatable bonds is 5. The molecule has 6 nitrogen and oxygen atoms in total. The molecule has 1 aromatic heterocycles. The summed E-state index contributed by atoms with van der Waals surface area (Å²) >= 11 is 0. The highest BCUT2D eigenvalue weighted by Gasteiger charge is 2.37. The number of benzene rings is 2. The molecule has 0 spiro atoms. The van der Waals surface area contributed by atoms with E-state index in [4.69, 9.17) is 4.74 Å². The highest BCUT2D eigenvalue weighted by molar-refractivity contribution is 5.89. The zero-order valence-corrected chi connectivity index (χ0v) is 16.3. The second kappa shape index (κ2) is 7.46. The summed E-state index contributed by atoms with van der Waals surface area (Å²) in [5, 5.41) is 5.77. The van der Waals surface area contributed by atoms with Crippen molar-refractivity contribution in [3.63, 3.8) is 0 Å². The molecule has 2 aromatic carbocycles. The van der Waals surface area contributed by atoms with Gasteiger partial charge in [-0.15, -0.1) is 0 Å². The first-order chi connectivity index (χ1) is 13.5. The van der Waals surface area contributed by atoms with E-state index in [0.29, 0.717) is 18.4 Å². The van der Waals surface area contributed by atoms with Crippen LogP contribution in [0.5, 0.6) is 0 Å². The van der Waals surface area contributed by atoms with E-state index < -0.39 is 0 Å². The van der Waals surface area contributed by atoms with Gasteiger partial charge in [-0.05, 0) is 35.2 Å². The van der Waals surface area contributed by atoms with Crippen molar-refractivity contribution in [3.8, 4) is 0 Å². The summed E-state index contributed by atoms with van der Waals surface area (Å²) in [6.07, 6.45) is 1.31. The van der Waals surface area contributed by atoms with Crippen LogP contribution >= 0.6 is 0 Å². The largest absolute Gasteiger partial charge is 0.447 e. The van der Waals surface area contributed by atoms with Gasteiger partial charge in [0.15, 0.2) is 0 Å². The number of nitrogens with one attached hydrogen (secondary N) is 1. The number of hydrogen-bond donors (Lipinski definition) is 1. The van der Waals surface area contributed by atoms with E-state index in [-0.39, 0.29) is 24.1 Å². The maximum Gasteiger partial charge on any atom is 0.415 e. The molecule has 0 radical (unpaired) electrons. The number of ether oxygens (including phenoxy) is 1. The van der Waals surface area contributed by atoms with E-state index in [9.17, 15) is 4.79 Å². The van der Waals surface area contributed by atoms with E-state index in [1.54, 1.807) is 17.2 Å². The van der Waals surface area contributed by atoms with Gasteiger partial charge in [0.25, 0.3) is 0 Å². The minimum Gasteiger partial charge on any atom is -0.447 e. The van der Waals surface area contributed by atoms with Crippen LogP contribution in [0.4, 0.5) is 16.6 Å². The van der Waals surface area contributed by atoms with Crippen molar-refractivity contribution in [1.29, 1.82) is 0 Å². The first-order valence-electron chi connectivity index (χ1n) is 9.58. The Morgan fingerprint density at radius 1 is 1.11 bits per heavy atom. The molecule has 4 rings (SSSR count). The van der Waals surface area contributed by atoms with Crippen molar-refractivity contribution in [2.45, 2.75) is 32.9 Å². The van der Waals surface area contributed by atoms with Crippen LogP contribution in [0.25, 0.3) is 10.8 Å². The molecule has 2 unspecified atom stereocenters. The number of anilines is 2. The molecule has 2 heterocycles. The molecule has 0 aliphatic carbocycles. The van der Waals surface area contributed by atoms with Gasteiger partial charge in [-0.3, -0.25) is 4.90 Å². The van der Waals surface area contributed by atoms with Gasteiger partial charge in [-0.1, -0.05) is 56.3 Å². The maximum atomic E-state index is 12.2. The van der Waals surface area contributed by atoms with Crippen LogP contribution in [0.15, 0.2) is 54.7 Å². The second-order valence-electron chi connectivity index (χ2n) is 7.43. The van der Waals surface area contributed by atoms with E-state index in [1.807, 2.05) is 12.1 Å². The molecule has 1 aliphatic rings. The number of nitrogens with zero attached hydrogens (tertiary/aromatic N) is 3. The normalized spacial score (nSPS) is 17.8. The Balaban J connectivity index is 1.61.